The Labute approximate surface area is 118 Å². The first-order chi connectivity index (χ1) is 10.2. The molecule has 0 unspecified atom stereocenters. The second kappa shape index (κ2) is 5.16. The Morgan fingerprint density at radius 1 is 1.19 bits per heavy atom. The van der Waals surface area contributed by atoms with Crippen LogP contribution in [0.25, 0.3) is 23.0 Å². The van der Waals surface area contributed by atoms with Crippen molar-refractivity contribution in [2.45, 2.75) is 0 Å². The zero-order valence-electron chi connectivity index (χ0n) is 10.8. The van der Waals surface area contributed by atoms with Crippen molar-refractivity contribution >= 4 is 0 Å². The molecule has 7 nitrogen and oxygen atoms in total. The molecule has 0 saturated heterocycles. The van der Waals surface area contributed by atoms with Gasteiger partial charge in [-0.3, -0.25) is 0 Å². The monoisotopic (exact) mass is 288 g/mol. The second-order valence-electron chi connectivity index (χ2n) is 4.05. The fourth-order valence-electron chi connectivity index (χ4n) is 1.67. The van der Waals surface area contributed by atoms with E-state index in [1.165, 1.54) is 19.2 Å². The molecular formula is C13H9FN4O3. The molecule has 2 aromatic heterocycles. The van der Waals surface area contributed by atoms with E-state index in [2.05, 4.69) is 20.3 Å². The molecule has 21 heavy (non-hydrogen) atoms. The van der Waals surface area contributed by atoms with Crippen LogP contribution in [-0.2, 0) is 0 Å². The minimum atomic E-state index is -0.558. The Bertz CT molecular complexity index is 773. The molecule has 8 heteroatoms. The van der Waals surface area contributed by atoms with Gasteiger partial charge in [0.2, 0.25) is 11.7 Å². The first-order valence-electron chi connectivity index (χ1n) is 5.88. The van der Waals surface area contributed by atoms with E-state index < -0.39 is 5.82 Å². The number of phenols is 1. The Morgan fingerprint density at radius 3 is 2.71 bits per heavy atom. The number of halogens is 1. The predicted molar refractivity (Wildman–Crippen MR) is 68.9 cm³/mol. The number of rotatable bonds is 3. The van der Waals surface area contributed by atoms with Gasteiger partial charge in [0.15, 0.2) is 0 Å². The predicted octanol–water partition coefficient (Wildman–Crippen LogP) is 2.05. The Kier molecular flexibility index (Phi) is 3.19. The number of phenolic OH excluding ortho intramolecular Hbond substituents is 1. The summed E-state index contributed by atoms with van der Waals surface area (Å²) in [6.45, 7) is 0. The molecule has 0 aliphatic carbocycles. The summed E-state index contributed by atoms with van der Waals surface area (Å²) in [5.74, 6) is -0.231. The van der Waals surface area contributed by atoms with Gasteiger partial charge in [-0.15, -0.1) is 10.2 Å². The van der Waals surface area contributed by atoms with E-state index in [0.29, 0.717) is 11.6 Å². The summed E-state index contributed by atoms with van der Waals surface area (Å²) < 4.78 is 22.9. The van der Waals surface area contributed by atoms with Crippen molar-refractivity contribution in [1.82, 2.24) is 20.3 Å². The van der Waals surface area contributed by atoms with Gasteiger partial charge in [0, 0.05) is 12.1 Å². The van der Waals surface area contributed by atoms with Crippen LogP contribution >= 0.6 is 0 Å². The second-order valence-corrected chi connectivity index (χ2v) is 4.05. The minimum absolute atomic E-state index is 0.0557. The lowest BCUT2D eigenvalue weighted by molar-refractivity contribution is 0.392. The van der Waals surface area contributed by atoms with E-state index in [-0.39, 0.29) is 23.0 Å². The van der Waals surface area contributed by atoms with Crippen LogP contribution < -0.4 is 4.74 Å². The van der Waals surface area contributed by atoms with Gasteiger partial charge in [-0.05, 0) is 18.2 Å². The molecule has 0 saturated carbocycles. The SMILES string of the molecule is COc1ccc(-c2noc(-c3ccc(F)cc3O)n2)nn1. The summed E-state index contributed by atoms with van der Waals surface area (Å²) in [5, 5.41) is 21.1. The van der Waals surface area contributed by atoms with Crippen LogP contribution in [0, 0.1) is 5.82 Å². The molecule has 3 aromatic rings. The molecule has 2 heterocycles. The number of methoxy groups -OCH3 is 1. The smallest absolute Gasteiger partial charge is 0.262 e. The van der Waals surface area contributed by atoms with Crippen LogP contribution in [0.15, 0.2) is 34.9 Å². The summed E-state index contributed by atoms with van der Waals surface area (Å²) in [7, 11) is 1.48. The van der Waals surface area contributed by atoms with Crippen LogP contribution in [0.2, 0.25) is 0 Å². The van der Waals surface area contributed by atoms with E-state index in [1.807, 2.05) is 0 Å². The number of hydrogen-bond acceptors (Lipinski definition) is 7. The highest BCUT2D eigenvalue weighted by molar-refractivity contribution is 5.63. The van der Waals surface area contributed by atoms with E-state index in [4.69, 9.17) is 9.26 Å². The zero-order valence-corrected chi connectivity index (χ0v) is 10.8. The summed E-state index contributed by atoms with van der Waals surface area (Å²) in [4.78, 5) is 4.09. The fourth-order valence-corrected chi connectivity index (χ4v) is 1.67. The molecule has 106 valence electrons. The van der Waals surface area contributed by atoms with Crippen LogP contribution in [-0.4, -0.2) is 32.6 Å². The first-order valence-corrected chi connectivity index (χ1v) is 5.88. The zero-order chi connectivity index (χ0) is 14.8. The average Bonchev–Trinajstić information content (AvgIpc) is 2.97. The van der Waals surface area contributed by atoms with Crippen molar-refractivity contribution in [1.29, 1.82) is 0 Å². The highest BCUT2D eigenvalue weighted by Crippen LogP contribution is 2.29. The molecule has 0 bridgehead atoms. The molecule has 0 aliphatic heterocycles. The van der Waals surface area contributed by atoms with E-state index >= 15 is 0 Å². The topological polar surface area (TPSA) is 94.2 Å². The molecule has 1 aromatic carbocycles. The van der Waals surface area contributed by atoms with Crippen LogP contribution in [0.5, 0.6) is 11.6 Å². The maximum Gasteiger partial charge on any atom is 0.262 e. The van der Waals surface area contributed by atoms with Gasteiger partial charge in [-0.25, -0.2) is 4.39 Å². The Morgan fingerprint density at radius 2 is 2.05 bits per heavy atom. The number of nitrogens with zero attached hydrogens (tertiary/aromatic N) is 4. The highest BCUT2D eigenvalue weighted by Gasteiger charge is 2.15. The van der Waals surface area contributed by atoms with Crippen molar-refractivity contribution in [2.75, 3.05) is 7.11 Å². The molecule has 0 spiro atoms. The summed E-state index contributed by atoms with van der Waals surface area (Å²) in [6.07, 6.45) is 0. The standard InChI is InChI=1S/C13H9FN4O3/c1-20-11-5-4-9(16-17-11)12-15-13(21-18-12)8-3-2-7(14)6-10(8)19/h2-6,19H,1H3. The largest absolute Gasteiger partial charge is 0.507 e. The highest BCUT2D eigenvalue weighted by atomic mass is 19.1. The maximum absolute atomic E-state index is 12.9. The van der Waals surface area contributed by atoms with Crippen molar-refractivity contribution in [3.8, 4) is 34.6 Å². The lowest BCUT2D eigenvalue weighted by Crippen LogP contribution is -1.93. The third-order valence-electron chi connectivity index (χ3n) is 2.69. The van der Waals surface area contributed by atoms with E-state index in [9.17, 15) is 9.50 Å². The molecule has 3 rings (SSSR count). The van der Waals surface area contributed by atoms with Crippen LogP contribution in [0.3, 0.4) is 0 Å². The normalized spacial score (nSPS) is 10.6. The molecule has 0 radical (unpaired) electrons. The molecule has 0 amide bonds. The Balaban J connectivity index is 1.95. The summed E-state index contributed by atoms with van der Waals surface area (Å²) >= 11 is 0. The van der Waals surface area contributed by atoms with Gasteiger partial charge in [-0.1, -0.05) is 5.16 Å². The molecule has 0 aliphatic rings. The van der Waals surface area contributed by atoms with Gasteiger partial charge >= 0.3 is 0 Å². The number of benzene rings is 1. The number of hydrogen-bond donors (Lipinski definition) is 1. The molecule has 0 fully saturated rings. The van der Waals surface area contributed by atoms with Crippen molar-refractivity contribution in [3.63, 3.8) is 0 Å². The third-order valence-corrected chi connectivity index (χ3v) is 2.69. The lowest BCUT2D eigenvalue weighted by Gasteiger charge is -1.98. The van der Waals surface area contributed by atoms with E-state index in [0.717, 1.165) is 6.07 Å². The Hall–Kier alpha value is -3.03. The third kappa shape index (κ3) is 2.50. The molecular weight excluding hydrogens is 279 g/mol. The van der Waals surface area contributed by atoms with Gasteiger partial charge in [0.1, 0.15) is 17.3 Å². The number of aromatic nitrogens is 4. The molecule has 0 atom stereocenters. The summed E-state index contributed by atoms with van der Waals surface area (Å²) in [6, 6.07) is 6.72. The average molecular weight is 288 g/mol. The minimum Gasteiger partial charge on any atom is -0.507 e. The van der Waals surface area contributed by atoms with Gasteiger partial charge in [0.25, 0.3) is 5.89 Å². The molecule has 1 N–H and O–H groups in total. The van der Waals surface area contributed by atoms with Crippen LogP contribution in [0.1, 0.15) is 0 Å². The van der Waals surface area contributed by atoms with Crippen molar-refractivity contribution in [3.05, 3.63) is 36.1 Å². The number of aromatic hydroxyl groups is 1. The van der Waals surface area contributed by atoms with E-state index in [1.54, 1.807) is 12.1 Å². The maximum atomic E-state index is 12.9. The lowest BCUT2D eigenvalue weighted by atomic mass is 10.2. The first kappa shape index (κ1) is 13.0. The number of ether oxygens (including phenoxy) is 1. The van der Waals surface area contributed by atoms with Crippen molar-refractivity contribution < 1.29 is 18.8 Å². The van der Waals surface area contributed by atoms with Crippen molar-refractivity contribution in [2.24, 2.45) is 0 Å². The van der Waals surface area contributed by atoms with Gasteiger partial charge in [-0.2, -0.15) is 4.98 Å². The van der Waals surface area contributed by atoms with Gasteiger partial charge in [0.05, 0.1) is 12.7 Å². The summed E-state index contributed by atoms with van der Waals surface area (Å²) in [5.41, 5.74) is 0.615. The quantitative estimate of drug-likeness (QED) is 0.788. The van der Waals surface area contributed by atoms with Gasteiger partial charge < -0.3 is 14.4 Å². The van der Waals surface area contributed by atoms with Crippen LogP contribution in [0.4, 0.5) is 4.39 Å². The fraction of sp³-hybridized carbons (Fsp3) is 0.0769.